The summed E-state index contributed by atoms with van der Waals surface area (Å²) in [5.74, 6) is 0. The van der Waals surface area contributed by atoms with Gasteiger partial charge in [0.2, 0.25) is 0 Å². The molecule has 0 aliphatic heterocycles. The molecule has 0 radical (unpaired) electrons. The van der Waals surface area contributed by atoms with Crippen LogP contribution in [-0.4, -0.2) is 0 Å². The lowest BCUT2D eigenvalue weighted by Gasteiger charge is -2.16. The summed E-state index contributed by atoms with van der Waals surface area (Å²) in [6.45, 7) is 0. The van der Waals surface area contributed by atoms with Crippen LogP contribution in [0, 0.1) is 0 Å². The maximum atomic E-state index is 6.48. The Kier molecular flexibility index (Phi) is 9.77. The first-order valence-electron chi connectivity index (χ1n) is 23.2. The minimum atomic E-state index is 0.906. The molecule has 13 aromatic rings. The SMILES string of the molecule is c1ccc(-c2cc(-c3ccccc3)cc(-c3cc(-c4cccc(-c5cccc(-c6cccc7c6oc6ccccc67)c5)c4)cc(-c4cccc(-c5cccc6c5sc5ccccc56)c4)c3)c2)cc1. The standard InChI is InChI=1S/C66H42OS/c1-3-16-43(17-4-1)51-37-52(44-18-5-2-6-19-44)39-55(38-51)56-41-53(40-54(42-56)48-23-13-25-50(36-48)58-29-15-31-62-60-27-8-10-33-64(60)68-66(58)62)47-22-11-20-45(34-47)46-21-12-24-49(35-46)57-28-14-30-61-59-26-7-9-32-63(59)67-65(57)61/h1-42H. The van der Waals surface area contributed by atoms with E-state index >= 15 is 0 Å². The van der Waals surface area contributed by atoms with Crippen molar-refractivity contribution in [2.75, 3.05) is 0 Å². The first-order chi connectivity index (χ1) is 33.7. The summed E-state index contributed by atoms with van der Waals surface area (Å²) in [5, 5.41) is 4.89. The lowest BCUT2D eigenvalue weighted by atomic mass is 9.89. The molecule has 0 aliphatic rings. The molecule has 0 atom stereocenters. The highest BCUT2D eigenvalue weighted by atomic mass is 32.1. The lowest BCUT2D eigenvalue weighted by molar-refractivity contribution is 0.670. The van der Waals surface area contributed by atoms with E-state index in [0.29, 0.717) is 0 Å². The molecule has 0 unspecified atom stereocenters. The molecule has 11 aromatic carbocycles. The Morgan fingerprint density at radius 2 is 0.603 bits per heavy atom. The van der Waals surface area contributed by atoms with Crippen LogP contribution in [0.4, 0.5) is 0 Å². The third-order valence-electron chi connectivity index (χ3n) is 13.4. The van der Waals surface area contributed by atoms with Gasteiger partial charge in [-0.15, -0.1) is 11.3 Å². The van der Waals surface area contributed by atoms with Crippen LogP contribution in [0.5, 0.6) is 0 Å². The molecule has 0 N–H and O–H groups in total. The molecule has 68 heavy (non-hydrogen) atoms. The van der Waals surface area contributed by atoms with Gasteiger partial charge in [-0.2, -0.15) is 0 Å². The number of hydrogen-bond acceptors (Lipinski definition) is 2. The van der Waals surface area contributed by atoms with Crippen molar-refractivity contribution >= 4 is 53.4 Å². The van der Waals surface area contributed by atoms with E-state index in [9.17, 15) is 0 Å². The first kappa shape index (κ1) is 39.8. The van der Waals surface area contributed by atoms with Crippen LogP contribution in [0.3, 0.4) is 0 Å². The van der Waals surface area contributed by atoms with Gasteiger partial charge in [0.05, 0.1) is 0 Å². The molecule has 2 aromatic heterocycles. The second-order valence-corrected chi connectivity index (χ2v) is 18.7. The Hall–Kier alpha value is -8.56. The molecule has 0 amide bonds. The van der Waals surface area contributed by atoms with E-state index in [4.69, 9.17) is 4.42 Å². The minimum Gasteiger partial charge on any atom is -0.455 e. The minimum absolute atomic E-state index is 0.906. The Bertz CT molecular complexity index is 3970. The van der Waals surface area contributed by atoms with Gasteiger partial charge in [0.25, 0.3) is 0 Å². The Morgan fingerprint density at radius 1 is 0.235 bits per heavy atom. The van der Waals surface area contributed by atoms with Crippen molar-refractivity contribution < 1.29 is 4.42 Å². The average molecular weight is 883 g/mol. The molecule has 0 fully saturated rings. The summed E-state index contributed by atoms with van der Waals surface area (Å²) in [4.78, 5) is 0. The van der Waals surface area contributed by atoms with Crippen molar-refractivity contribution in [3.8, 4) is 89.0 Å². The van der Waals surface area contributed by atoms with Gasteiger partial charge < -0.3 is 4.42 Å². The first-order valence-corrected chi connectivity index (χ1v) is 24.0. The van der Waals surface area contributed by atoms with Crippen molar-refractivity contribution in [1.82, 2.24) is 0 Å². The van der Waals surface area contributed by atoms with E-state index in [-0.39, 0.29) is 0 Å². The van der Waals surface area contributed by atoms with E-state index in [1.165, 1.54) is 70.2 Å². The topological polar surface area (TPSA) is 13.1 Å². The zero-order chi connectivity index (χ0) is 45.0. The summed E-state index contributed by atoms with van der Waals surface area (Å²) >= 11 is 1.88. The van der Waals surface area contributed by atoms with Crippen LogP contribution in [0.1, 0.15) is 0 Å². The average Bonchev–Trinajstić information content (AvgIpc) is 4.00. The van der Waals surface area contributed by atoms with Gasteiger partial charge in [0.15, 0.2) is 0 Å². The molecular weight excluding hydrogens is 841 g/mol. The number of furan rings is 1. The monoisotopic (exact) mass is 882 g/mol. The van der Waals surface area contributed by atoms with Crippen molar-refractivity contribution in [3.63, 3.8) is 0 Å². The van der Waals surface area contributed by atoms with E-state index in [1.54, 1.807) is 0 Å². The summed E-state index contributed by atoms with van der Waals surface area (Å²) in [6, 6.07) is 92.9. The van der Waals surface area contributed by atoms with Crippen LogP contribution in [0.2, 0.25) is 0 Å². The summed E-state index contributed by atoms with van der Waals surface area (Å²) < 4.78 is 9.12. The maximum absolute atomic E-state index is 6.48. The molecule has 13 rings (SSSR count). The fraction of sp³-hybridized carbons (Fsp3) is 0. The number of benzene rings is 11. The smallest absolute Gasteiger partial charge is 0.143 e. The molecule has 0 bridgehead atoms. The van der Waals surface area contributed by atoms with Gasteiger partial charge in [-0.1, -0.05) is 188 Å². The molecule has 0 saturated carbocycles. The van der Waals surface area contributed by atoms with E-state index in [0.717, 1.165) is 60.9 Å². The van der Waals surface area contributed by atoms with Crippen molar-refractivity contribution in [3.05, 3.63) is 255 Å². The van der Waals surface area contributed by atoms with Gasteiger partial charge in [0.1, 0.15) is 11.2 Å². The van der Waals surface area contributed by atoms with E-state index < -0.39 is 0 Å². The van der Waals surface area contributed by atoms with Crippen LogP contribution in [-0.2, 0) is 0 Å². The number of fused-ring (bicyclic) bond motifs is 6. The third kappa shape index (κ3) is 7.20. The fourth-order valence-electron chi connectivity index (χ4n) is 10.1. The highest BCUT2D eigenvalue weighted by Gasteiger charge is 2.16. The summed E-state index contributed by atoms with van der Waals surface area (Å²) in [5.41, 5.74) is 20.6. The van der Waals surface area contributed by atoms with E-state index in [1.807, 2.05) is 23.5 Å². The predicted molar refractivity (Wildman–Crippen MR) is 290 cm³/mol. The normalized spacial score (nSPS) is 11.5. The molecule has 0 spiro atoms. The zero-order valence-electron chi connectivity index (χ0n) is 37.1. The molecule has 2 heteroatoms. The fourth-order valence-corrected chi connectivity index (χ4v) is 11.3. The largest absolute Gasteiger partial charge is 0.455 e. The van der Waals surface area contributed by atoms with Gasteiger partial charge in [-0.05, 0) is 150 Å². The van der Waals surface area contributed by atoms with E-state index in [2.05, 4.69) is 243 Å². The van der Waals surface area contributed by atoms with Crippen LogP contribution in [0.25, 0.3) is 131 Å². The van der Waals surface area contributed by atoms with Crippen LogP contribution in [0.15, 0.2) is 259 Å². The molecule has 1 nitrogen and oxygen atoms in total. The van der Waals surface area contributed by atoms with Gasteiger partial charge in [-0.3, -0.25) is 0 Å². The summed E-state index contributed by atoms with van der Waals surface area (Å²) in [6.07, 6.45) is 0. The Balaban J connectivity index is 0.966. The van der Waals surface area contributed by atoms with Crippen LogP contribution >= 0.6 is 11.3 Å². The van der Waals surface area contributed by atoms with Crippen molar-refractivity contribution in [1.29, 1.82) is 0 Å². The van der Waals surface area contributed by atoms with Gasteiger partial charge >= 0.3 is 0 Å². The maximum Gasteiger partial charge on any atom is 0.143 e. The van der Waals surface area contributed by atoms with Gasteiger partial charge in [-0.25, -0.2) is 0 Å². The molecular formula is C66H42OS. The highest BCUT2D eigenvalue weighted by molar-refractivity contribution is 7.26. The molecule has 0 aliphatic carbocycles. The number of thiophene rings is 1. The number of para-hydroxylation sites is 2. The summed E-state index contributed by atoms with van der Waals surface area (Å²) in [7, 11) is 0. The van der Waals surface area contributed by atoms with Gasteiger partial charge in [0, 0.05) is 36.5 Å². The Morgan fingerprint density at radius 3 is 1.21 bits per heavy atom. The van der Waals surface area contributed by atoms with Crippen LogP contribution < -0.4 is 0 Å². The molecule has 2 heterocycles. The zero-order valence-corrected chi connectivity index (χ0v) is 37.9. The second-order valence-electron chi connectivity index (χ2n) is 17.6. The molecule has 0 saturated heterocycles. The number of rotatable bonds is 8. The second kappa shape index (κ2) is 16.7. The quantitative estimate of drug-likeness (QED) is 0.148. The number of hydrogen-bond donors (Lipinski definition) is 0. The molecule has 318 valence electrons. The van der Waals surface area contributed by atoms with Crippen molar-refractivity contribution in [2.45, 2.75) is 0 Å². The lowest BCUT2D eigenvalue weighted by Crippen LogP contribution is -1.90. The Labute approximate surface area is 399 Å². The predicted octanol–water partition coefficient (Wildman–Crippen LogP) is 19.3. The highest BCUT2D eigenvalue weighted by Crippen LogP contribution is 2.43. The third-order valence-corrected chi connectivity index (χ3v) is 14.7. The van der Waals surface area contributed by atoms with Crippen molar-refractivity contribution in [2.24, 2.45) is 0 Å².